The molecule has 0 saturated heterocycles. The number of hydrogen-bond donors (Lipinski definition) is 0. The lowest BCUT2D eigenvalue weighted by atomic mass is 10.00. The van der Waals surface area contributed by atoms with E-state index in [1.165, 1.54) is 44.4 Å². The Hall–Kier alpha value is -5.49. The van der Waals surface area contributed by atoms with Gasteiger partial charge in [0.25, 0.3) is 0 Å². The zero-order chi connectivity index (χ0) is 32.6. The summed E-state index contributed by atoms with van der Waals surface area (Å²) in [5.41, 5.74) is 8.83. The molecule has 7 rings (SSSR count). The molecule has 0 aliphatic carbocycles. The van der Waals surface area contributed by atoms with Crippen LogP contribution < -0.4 is 13.7 Å². The maximum atomic E-state index is 4.37. The molecule has 0 unspecified atom stereocenters. The van der Waals surface area contributed by atoms with Crippen molar-refractivity contribution in [3.63, 3.8) is 0 Å². The fourth-order valence-electron chi connectivity index (χ4n) is 5.64. The highest BCUT2D eigenvalue weighted by Crippen LogP contribution is 2.27. The van der Waals surface area contributed by atoms with E-state index in [0.29, 0.717) is 0 Å². The second-order valence-electron chi connectivity index (χ2n) is 11.5. The van der Waals surface area contributed by atoms with Gasteiger partial charge in [0, 0.05) is 48.5 Å². The average Bonchev–Trinajstić information content (AvgIpc) is 3.40. The quantitative estimate of drug-likeness (QED) is 0.209. The van der Waals surface area contributed by atoms with Crippen LogP contribution in [-0.2, 0) is 28.2 Å². The van der Waals surface area contributed by atoms with Gasteiger partial charge >= 0.3 is 0 Å². The van der Waals surface area contributed by atoms with Crippen LogP contribution >= 0.6 is 0 Å². The van der Waals surface area contributed by atoms with Gasteiger partial charge in [-0.05, 0) is 67.6 Å². The predicted octanol–water partition coefficient (Wildman–Crippen LogP) is 6.74. The van der Waals surface area contributed by atoms with Crippen molar-refractivity contribution in [1.29, 1.82) is 0 Å². The third kappa shape index (κ3) is 7.24. The molecular weight excluding hydrogens is 564 g/mol. The first-order chi connectivity index (χ1) is 22.2. The molecule has 4 heterocycles. The van der Waals surface area contributed by atoms with Crippen LogP contribution in [-0.4, -0.2) is 14.8 Å². The summed E-state index contributed by atoms with van der Waals surface area (Å²) < 4.78 is 8.17. The van der Waals surface area contributed by atoms with Gasteiger partial charge in [-0.2, -0.15) is 9.67 Å². The van der Waals surface area contributed by atoms with E-state index >= 15 is 0 Å². The van der Waals surface area contributed by atoms with Crippen LogP contribution in [0.25, 0.3) is 44.8 Å². The van der Waals surface area contributed by atoms with Gasteiger partial charge in [-0.15, -0.1) is 0 Å². The van der Waals surface area contributed by atoms with Crippen LogP contribution in [0.4, 0.5) is 0 Å². The summed E-state index contributed by atoms with van der Waals surface area (Å²) in [5, 5.41) is 6.81. The number of rotatable bonds is 3. The zero-order valence-corrected chi connectivity index (χ0v) is 27.9. The monoisotopic (exact) mass is 607 g/mol. The molecule has 0 atom stereocenters. The number of pyridine rings is 3. The molecule has 0 spiro atoms. The van der Waals surface area contributed by atoms with Crippen molar-refractivity contribution >= 4 is 10.8 Å². The molecule has 0 saturated carbocycles. The average molecular weight is 608 g/mol. The van der Waals surface area contributed by atoms with Crippen molar-refractivity contribution in [2.75, 3.05) is 0 Å². The van der Waals surface area contributed by atoms with Crippen molar-refractivity contribution in [2.24, 2.45) is 28.2 Å². The van der Waals surface area contributed by atoms with Gasteiger partial charge in [-0.1, -0.05) is 54.6 Å². The molecule has 6 nitrogen and oxygen atoms in total. The molecule has 0 amide bonds. The lowest BCUT2D eigenvalue weighted by molar-refractivity contribution is -0.660. The van der Waals surface area contributed by atoms with Crippen LogP contribution in [0, 0.1) is 20.8 Å². The number of aromatic nitrogens is 6. The van der Waals surface area contributed by atoms with Gasteiger partial charge in [0.15, 0.2) is 18.6 Å². The first kappa shape index (κ1) is 31.9. The Bertz CT molecular complexity index is 2050. The van der Waals surface area contributed by atoms with Gasteiger partial charge in [0.1, 0.15) is 27.0 Å². The maximum absolute atomic E-state index is 4.37. The highest BCUT2D eigenvalue weighted by Gasteiger charge is 2.16. The Morgan fingerprint density at radius 1 is 0.522 bits per heavy atom. The first-order valence-electron chi connectivity index (χ1n) is 15.5. The standard InChI is InChI=1S/C17H16N.C13H14N.C10H13N4/c1-13-7-3-5-9-15(13)17-16-10-6-4-8-14(16)11-12-18(17)2;1-11-7-3-4-8-12(11)13-9-5-6-10-14(13)2;1-8-11-10(14(3)12-8)9-6-4-5-7-13(9)2/h3-12H,1-2H3;3-10H,1-2H3;4-7H,1-3H3/q3*+1. The third-order valence-corrected chi connectivity index (χ3v) is 8.08. The molecule has 0 aliphatic rings. The molecule has 6 heteroatoms. The molecule has 7 aromatic rings. The molecular formula is C40H43N6+3. The summed E-state index contributed by atoms with van der Waals surface area (Å²) in [6.45, 7) is 6.20. The Morgan fingerprint density at radius 2 is 1.07 bits per heavy atom. The number of benzene rings is 3. The van der Waals surface area contributed by atoms with Crippen molar-refractivity contribution < 1.29 is 13.7 Å². The largest absolute Gasteiger partial charge is 0.249 e. The van der Waals surface area contributed by atoms with E-state index in [0.717, 1.165) is 17.3 Å². The summed E-state index contributed by atoms with van der Waals surface area (Å²) >= 11 is 0. The van der Waals surface area contributed by atoms with E-state index in [9.17, 15) is 0 Å². The highest BCUT2D eigenvalue weighted by atomic mass is 15.3. The van der Waals surface area contributed by atoms with E-state index in [-0.39, 0.29) is 0 Å². The lowest BCUT2D eigenvalue weighted by Crippen LogP contribution is -2.30. The van der Waals surface area contributed by atoms with E-state index in [2.05, 4.69) is 151 Å². The van der Waals surface area contributed by atoms with E-state index < -0.39 is 0 Å². The fraction of sp³-hybridized carbons (Fsp3) is 0.175. The zero-order valence-electron chi connectivity index (χ0n) is 27.9. The minimum absolute atomic E-state index is 0.798. The molecule has 3 aromatic carbocycles. The third-order valence-electron chi connectivity index (χ3n) is 8.08. The normalized spacial score (nSPS) is 10.5. The van der Waals surface area contributed by atoms with Gasteiger partial charge in [-0.3, -0.25) is 0 Å². The smallest absolute Gasteiger partial charge is 0.244 e. The summed E-state index contributed by atoms with van der Waals surface area (Å²) in [7, 11) is 8.08. The second kappa shape index (κ2) is 14.5. The van der Waals surface area contributed by atoms with Crippen molar-refractivity contribution in [3.05, 3.63) is 151 Å². The Balaban J connectivity index is 0.000000138. The van der Waals surface area contributed by atoms with E-state index in [1.54, 1.807) is 4.68 Å². The predicted molar refractivity (Wildman–Crippen MR) is 185 cm³/mol. The van der Waals surface area contributed by atoms with Gasteiger partial charge < -0.3 is 0 Å². The summed E-state index contributed by atoms with van der Waals surface area (Å²) in [6.07, 6.45) is 6.20. The fourth-order valence-corrected chi connectivity index (χ4v) is 5.64. The van der Waals surface area contributed by atoms with Crippen LogP contribution in [0.5, 0.6) is 0 Å². The molecule has 46 heavy (non-hydrogen) atoms. The molecule has 0 radical (unpaired) electrons. The molecule has 0 N–H and O–H groups in total. The van der Waals surface area contributed by atoms with Gasteiger partial charge in [0.05, 0.1) is 5.39 Å². The van der Waals surface area contributed by atoms with Crippen LogP contribution in [0.15, 0.2) is 134 Å². The van der Waals surface area contributed by atoms with Gasteiger partial charge in [-0.25, -0.2) is 18.8 Å². The minimum Gasteiger partial charge on any atom is -0.244 e. The minimum atomic E-state index is 0.798. The van der Waals surface area contributed by atoms with Crippen LogP contribution in [0.1, 0.15) is 17.0 Å². The topological polar surface area (TPSA) is 42.3 Å². The summed E-state index contributed by atoms with van der Waals surface area (Å²) in [5.74, 6) is 1.69. The van der Waals surface area contributed by atoms with Crippen molar-refractivity contribution in [1.82, 2.24) is 14.8 Å². The maximum Gasteiger partial charge on any atom is 0.249 e. The SMILES string of the molecule is Cc1ccccc1-c1c2ccccc2cc[n+]1C.Cc1ccccc1-c1cccc[n+]1C.Cc1nc(-c2cccc[n+]2C)n(C)n1. The summed E-state index contributed by atoms with van der Waals surface area (Å²) in [4.78, 5) is 4.37. The number of nitrogens with zero attached hydrogens (tertiary/aromatic N) is 6. The second-order valence-corrected chi connectivity index (χ2v) is 11.5. The van der Waals surface area contributed by atoms with Crippen molar-refractivity contribution in [3.8, 4) is 34.0 Å². The first-order valence-corrected chi connectivity index (χ1v) is 15.5. The van der Waals surface area contributed by atoms with E-state index in [4.69, 9.17) is 0 Å². The Labute approximate surface area is 272 Å². The lowest BCUT2D eigenvalue weighted by Gasteiger charge is -2.07. The number of aryl methyl sites for hydroxylation is 7. The van der Waals surface area contributed by atoms with E-state index in [1.807, 2.05) is 56.0 Å². The molecule has 4 aromatic heterocycles. The highest BCUT2D eigenvalue weighted by molar-refractivity contribution is 5.93. The van der Waals surface area contributed by atoms with Crippen LogP contribution in [0.3, 0.4) is 0 Å². The summed E-state index contributed by atoms with van der Waals surface area (Å²) in [6, 6.07) is 40.0. The Morgan fingerprint density at radius 3 is 1.65 bits per heavy atom. The number of hydrogen-bond acceptors (Lipinski definition) is 2. The van der Waals surface area contributed by atoms with Crippen LogP contribution in [0.2, 0.25) is 0 Å². The molecule has 0 fully saturated rings. The van der Waals surface area contributed by atoms with Gasteiger partial charge in [0.2, 0.25) is 22.9 Å². The number of fused-ring (bicyclic) bond motifs is 1. The van der Waals surface area contributed by atoms with Crippen molar-refractivity contribution in [2.45, 2.75) is 20.8 Å². The Kier molecular flexibility index (Phi) is 10.1. The molecule has 230 valence electrons. The molecule has 0 aliphatic heterocycles. The molecule has 0 bridgehead atoms.